The predicted octanol–water partition coefficient (Wildman–Crippen LogP) is 2.39. The Morgan fingerprint density at radius 1 is 1.14 bits per heavy atom. The number of benzene rings is 1. The summed E-state index contributed by atoms with van der Waals surface area (Å²) in [6.45, 7) is 11.3. The van der Waals surface area contributed by atoms with Gasteiger partial charge in [0.25, 0.3) is 5.91 Å². The standard InChI is InChI=1S/C22H30N4O3/c1-15(2)20(23-21(27)18-7-5-6-16(3)12-18)22(28)26-10-8-25(9-11-26)14-19-13-17(4)24-29-19/h5-7,12-13,15,20H,8-11,14H2,1-4H3,(H,23,27). The van der Waals surface area contributed by atoms with Crippen LogP contribution in [0.2, 0.25) is 0 Å². The molecular formula is C22H30N4O3. The molecule has 1 atom stereocenters. The molecule has 2 heterocycles. The fourth-order valence-electron chi connectivity index (χ4n) is 3.56. The molecule has 3 rings (SSSR count). The zero-order valence-electron chi connectivity index (χ0n) is 17.6. The van der Waals surface area contributed by atoms with E-state index < -0.39 is 6.04 Å². The van der Waals surface area contributed by atoms with Crippen LogP contribution in [0.3, 0.4) is 0 Å². The Kier molecular flexibility index (Phi) is 6.69. The normalized spacial score (nSPS) is 16.1. The summed E-state index contributed by atoms with van der Waals surface area (Å²) < 4.78 is 5.29. The van der Waals surface area contributed by atoms with Gasteiger partial charge in [-0.2, -0.15) is 0 Å². The molecule has 1 unspecified atom stereocenters. The predicted molar refractivity (Wildman–Crippen MR) is 110 cm³/mol. The molecule has 0 bridgehead atoms. The smallest absolute Gasteiger partial charge is 0.251 e. The topological polar surface area (TPSA) is 78.7 Å². The number of aromatic nitrogens is 1. The van der Waals surface area contributed by atoms with Crippen molar-refractivity contribution in [3.05, 3.63) is 52.9 Å². The molecule has 2 aromatic rings. The van der Waals surface area contributed by atoms with Crippen molar-refractivity contribution in [1.82, 2.24) is 20.3 Å². The van der Waals surface area contributed by atoms with Crippen molar-refractivity contribution in [2.75, 3.05) is 26.2 Å². The van der Waals surface area contributed by atoms with Gasteiger partial charge >= 0.3 is 0 Å². The largest absolute Gasteiger partial charge is 0.360 e. The first kappa shape index (κ1) is 21.0. The second-order valence-electron chi connectivity index (χ2n) is 8.10. The molecule has 1 saturated heterocycles. The molecule has 1 aromatic heterocycles. The highest BCUT2D eigenvalue weighted by Gasteiger charge is 2.31. The number of carbonyl (C=O) groups excluding carboxylic acids is 2. The van der Waals surface area contributed by atoms with E-state index in [1.807, 2.05) is 56.9 Å². The highest BCUT2D eigenvalue weighted by Crippen LogP contribution is 2.14. The van der Waals surface area contributed by atoms with Gasteiger partial charge in [-0.25, -0.2) is 0 Å². The van der Waals surface area contributed by atoms with Crippen molar-refractivity contribution in [2.24, 2.45) is 5.92 Å². The Morgan fingerprint density at radius 3 is 2.45 bits per heavy atom. The van der Waals surface area contributed by atoms with E-state index in [1.54, 1.807) is 6.07 Å². The van der Waals surface area contributed by atoms with E-state index in [0.29, 0.717) is 25.2 Å². The van der Waals surface area contributed by atoms with E-state index in [4.69, 9.17) is 4.52 Å². The summed E-state index contributed by atoms with van der Waals surface area (Å²) in [6, 6.07) is 8.81. The maximum Gasteiger partial charge on any atom is 0.251 e. The highest BCUT2D eigenvalue weighted by molar-refractivity contribution is 5.97. The van der Waals surface area contributed by atoms with Crippen LogP contribution in [0, 0.1) is 19.8 Å². The summed E-state index contributed by atoms with van der Waals surface area (Å²) >= 11 is 0. The van der Waals surface area contributed by atoms with E-state index in [-0.39, 0.29) is 17.7 Å². The lowest BCUT2D eigenvalue weighted by Crippen LogP contribution is -2.56. The van der Waals surface area contributed by atoms with Crippen LogP contribution in [0.25, 0.3) is 0 Å². The van der Waals surface area contributed by atoms with Crippen LogP contribution in [0.1, 0.15) is 41.2 Å². The van der Waals surface area contributed by atoms with Crippen molar-refractivity contribution in [1.29, 1.82) is 0 Å². The fourth-order valence-corrected chi connectivity index (χ4v) is 3.56. The Hall–Kier alpha value is -2.67. The summed E-state index contributed by atoms with van der Waals surface area (Å²) in [5.41, 5.74) is 2.47. The second kappa shape index (κ2) is 9.22. The number of rotatable bonds is 6. The van der Waals surface area contributed by atoms with Crippen LogP contribution in [-0.2, 0) is 11.3 Å². The van der Waals surface area contributed by atoms with Crippen LogP contribution in [-0.4, -0.2) is 59.0 Å². The van der Waals surface area contributed by atoms with Gasteiger partial charge in [-0.3, -0.25) is 14.5 Å². The quantitative estimate of drug-likeness (QED) is 0.808. The number of hydrogen-bond donors (Lipinski definition) is 1. The number of nitrogens with one attached hydrogen (secondary N) is 1. The van der Waals surface area contributed by atoms with Crippen molar-refractivity contribution >= 4 is 11.8 Å². The fraction of sp³-hybridized carbons (Fsp3) is 0.500. The van der Waals surface area contributed by atoms with Gasteiger partial charge in [0, 0.05) is 37.8 Å². The van der Waals surface area contributed by atoms with Gasteiger partial charge in [0.1, 0.15) is 6.04 Å². The van der Waals surface area contributed by atoms with Gasteiger partial charge in [-0.15, -0.1) is 0 Å². The highest BCUT2D eigenvalue weighted by atomic mass is 16.5. The average molecular weight is 399 g/mol. The number of amides is 2. The molecule has 0 saturated carbocycles. The van der Waals surface area contributed by atoms with Gasteiger partial charge in [0.05, 0.1) is 12.2 Å². The summed E-state index contributed by atoms with van der Waals surface area (Å²) in [5, 5.41) is 6.86. The minimum atomic E-state index is -0.536. The van der Waals surface area contributed by atoms with Crippen molar-refractivity contribution in [2.45, 2.75) is 40.3 Å². The van der Waals surface area contributed by atoms with Crippen LogP contribution in [0.4, 0.5) is 0 Å². The maximum absolute atomic E-state index is 13.1. The Bertz CT molecular complexity index is 853. The van der Waals surface area contributed by atoms with E-state index >= 15 is 0 Å². The maximum atomic E-state index is 13.1. The molecule has 1 fully saturated rings. The molecule has 156 valence electrons. The van der Waals surface area contributed by atoms with Crippen molar-refractivity contribution < 1.29 is 14.1 Å². The molecular weight excluding hydrogens is 368 g/mol. The van der Waals surface area contributed by atoms with Crippen molar-refractivity contribution in [3.63, 3.8) is 0 Å². The van der Waals surface area contributed by atoms with Gasteiger partial charge in [-0.1, -0.05) is 36.7 Å². The van der Waals surface area contributed by atoms with Gasteiger partial charge in [0.2, 0.25) is 5.91 Å². The molecule has 0 aliphatic carbocycles. The minimum Gasteiger partial charge on any atom is -0.360 e. The molecule has 1 aliphatic heterocycles. The zero-order chi connectivity index (χ0) is 21.0. The second-order valence-corrected chi connectivity index (χ2v) is 8.10. The van der Waals surface area contributed by atoms with E-state index in [1.165, 1.54) is 0 Å². The van der Waals surface area contributed by atoms with Gasteiger partial charge < -0.3 is 14.7 Å². The molecule has 1 aromatic carbocycles. The number of nitrogens with zero attached hydrogens (tertiary/aromatic N) is 3. The SMILES string of the molecule is Cc1cccc(C(=O)NC(C(=O)N2CCN(Cc3cc(C)no3)CC2)C(C)C)c1. The first-order chi connectivity index (χ1) is 13.8. The number of hydrogen-bond acceptors (Lipinski definition) is 5. The Labute approximate surface area is 172 Å². The van der Waals surface area contributed by atoms with E-state index in [2.05, 4.69) is 15.4 Å². The molecule has 7 nitrogen and oxygen atoms in total. The first-order valence-corrected chi connectivity index (χ1v) is 10.1. The molecule has 0 spiro atoms. The third-order valence-electron chi connectivity index (χ3n) is 5.24. The van der Waals surface area contributed by atoms with Crippen LogP contribution in [0.15, 0.2) is 34.9 Å². The summed E-state index contributed by atoms with van der Waals surface area (Å²) in [5.74, 6) is 0.621. The molecule has 7 heteroatoms. The molecule has 29 heavy (non-hydrogen) atoms. The first-order valence-electron chi connectivity index (χ1n) is 10.1. The lowest BCUT2D eigenvalue weighted by molar-refractivity contribution is -0.136. The lowest BCUT2D eigenvalue weighted by Gasteiger charge is -2.37. The summed E-state index contributed by atoms with van der Waals surface area (Å²) in [7, 11) is 0. The molecule has 2 amide bonds. The van der Waals surface area contributed by atoms with E-state index in [0.717, 1.165) is 30.1 Å². The Morgan fingerprint density at radius 2 is 1.86 bits per heavy atom. The number of aryl methyl sites for hydroxylation is 2. The third kappa shape index (κ3) is 5.44. The molecule has 0 radical (unpaired) electrons. The Balaban J connectivity index is 1.57. The summed E-state index contributed by atoms with van der Waals surface area (Å²) in [4.78, 5) is 29.9. The van der Waals surface area contributed by atoms with Crippen LogP contribution in [0.5, 0.6) is 0 Å². The average Bonchev–Trinajstić information content (AvgIpc) is 3.10. The monoisotopic (exact) mass is 398 g/mol. The van der Waals surface area contributed by atoms with Crippen LogP contribution >= 0.6 is 0 Å². The van der Waals surface area contributed by atoms with Crippen LogP contribution < -0.4 is 5.32 Å². The zero-order valence-corrected chi connectivity index (χ0v) is 17.6. The summed E-state index contributed by atoms with van der Waals surface area (Å²) in [6.07, 6.45) is 0. The molecule has 1 aliphatic rings. The van der Waals surface area contributed by atoms with Gasteiger partial charge in [0.15, 0.2) is 5.76 Å². The van der Waals surface area contributed by atoms with Crippen molar-refractivity contribution in [3.8, 4) is 0 Å². The number of piperazine rings is 1. The minimum absolute atomic E-state index is 0.00598. The third-order valence-corrected chi connectivity index (χ3v) is 5.24. The molecule has 1 N–H and O–H groups in total. The number of carbonyl (C=O) groups is 2. The van der Waals surface area contributed by atoms with E-state index in [9.17, 15) is 9.59 Å². The lowest BCUT2D eigenvalue weighted by atomic mass is 10.0. The van der Waals surface area contributed by atoms with Gasteiger partial charge in [-0.05, 0) is 31.9 Å².